The molecule has 19 heavy (non-hydrogen) atoms. The van der Waals surface area contributed by atoms with Gasteiger partial charge < -0.3 is 10.6 Å². The molecule has 2 N–H and O–H groups in total. The van der Waals surface area contributed by atoms with Crippen molar-refractivity contribution in [3.8, 4) is 0 Å². The van der Waals surface area contributed by atoms with E-state index in [1.54, 1.807) is 11.3 Å². The van der Waals surface area contributed by atoms with Crippen LogP contribution < -0.4 is 5.73 Å². The third-order valence-electron chi connectivity index (χ3n) is 2.84. The standard InChI is InChI=1S/C14H15IN2OS/c1-2-17(8-10-3-5-12(16)6-4-10)14(18)11-7-13(15)19-9-11/h3-7,9H,2,8,16H2,1H3. The van der Waals surface area contributed by atoms with Gasteiger partial charge in [0, 0.05) is 24.2 Å². The van der Waals surface area contributed by atoms with Gasteiger partial charge in [-0.1, -0.05) is 12.1 Å². The Kier molecular flexibility index (Phi) is 4.81. The molecule has 3 nitrogen and oxygen atoms in total. The molecule has 2 rings (SSSR count). The van der Waals surface area contributed by atoms with Gasteiger partial charge in [-0.3, -0.25) is 4.79 Å². The maximum atomic E-state index is 12.4. The highest BCUT2D eigenvalue weighted by Gasteiger charge is 2.15. The Balaban J connectivity index is 2.11. The number of anilines is 1. The van der Waals surface area contributed by atoms with Crippen molar-refractivity contribution >= 4 is 45.5 Å². The summed E-state index contributed by atoms with van der Waals surface area (Å²) in [4.78, 5) is 14.2. The number of hydrogen-bond acceptors (Lipinski definition) is 3. The van der Waals surface area contributed by atoms with E-state index in [0.717, 1.165) is 19.7 Å². The lowest BCUT2D eigenvalue weighted by molar-refractivity contribution is 0.0753. The summed E-state index contributed by atoms with van der Waals surface area (Å²) in [6, 6.07) is 9.58. The number of amides is 1. The molecule has 1 amide bonds. The van der Waals surface area contributed by atoms with E-state index in [-0.39, 0.29) is 5.91 Å². The van der Waals surface area contributed by atoms with Crippen LogP contribution >= 0.6 is 33.9 Å². The van der Waals surface area contributed by atoms with E-state index in [0.29, 0.717) is 13.1 Å². The molecule has 100 valence electrons. The molecule has 0 fully saturated rings. The van der Waals surface area contributed by atoms with Gasteiger partial charge in [0.25, 0.3) is 5.91 Å². The second kappa shape index (κ2) is 6.38. The molecule has 1 aromatic heterocycles. The fourth-order valence-corrected chi connectivity index (χ4v) is 3.10. The van der Waals surface area contributed by atoms with Crippen molar-refractivity contribution in [3.05, 3.63) is 49.7 Å². The number of nitrogen functional groups attached to an aromatic ring is 1. The first kappa shape index (κ1) is 14.3. The summed E-state index contributed by atoms with van der Waals surface area (Å²) < 4.78 is 1.13. The van der Waals surface area contributed by atoms with Crippen molar-refractivity contribution in [1.29, 1.82) is 0 Å². The average Bonchev–Trinajstić information content (AvgIpc) is 2.84. The summed E-state index contributed by atoms with van der Waals surface area (Å²) in [6.45, 7) is 3.30. The van der Waals surface area contributed by atoms with Gasteiger partial charge in [0.2, 0.25) is 0 Å². The maximum absolute atomic E-state index is 12.4. The molecule has 0 saturated carbocycles. The van der Waals surface area contributed by atoms with Crippen LogP contribution in [-0.2, 0) is 6.54 Å². The van der Waals surface area contributed by atoms with Crippen LogP contribution in [0.5, 0.6) is 0 Å². The smallest absolute Gasteiger partial charge is 0.255 e. The molecule has 2 aromatic rings. The van der Waals surface area contributed by atoms with E-state index < -0.39 is 0 Å². The predicted molar refractivity (Wildman–Crippen MR) is 88.3 cm³/mol. The zero-order chi connectivity index (χ0) is 13.8. The molecule has 5 heteroatoms. The number of benzene rings is 1. The zero-order valence-electron chi connectivity index (χ0n) is 10.6. The van der Waals surface area contributed by atoms with Crippen molar-refractivity contribution in [3.63, 3.8) is 0 Å². The topological polar surface area (TPSA) is 46.3 Å². The Morgan fingerprint density at radius 2 is 2.05 bits per heavy atom. The van der Waals surface area contributed by atoms with E-state index in [1.165, 1.54) is 0 Å². The lowest BCUT2D eigenvalue weighted by Gasteiger charge is -2.20. The van der Waals surface area contributed by atoms with Gasteiger partial charge in [-0.25, -0.2) is 0 Å². The monoisotopic (exact) mass is 386 g/mol. The summed E-state index contributed by atoms with van der Waals surface area (Å²) in [7, 11) is 0. The molecular weight excluding hydrogens is 371 g/mol. The zero-order valence-corrected chi connectivity index (χ0v) is 13.6. The van der Waals surface area contributed by atoms with Gasteiger partial charge in [-0.2, -0.15) is 0 Å². The van der Waals surface area contributed by atoms with Gasteiger partial charge in [-0.05, 0) is 53.3 Å². The first-order valence-electron chi connectivity index (χ1n) is 5.98. The van der Waals surface area contributed by atoms with Crippen LogP contribution in [-0.4, -0.2) is 17.4 Å². The van der Waals surface area contributed by atoms with Crippen molar-refractivity contribution in [2.75, 3.05) is 12.3 Å². The Morgan fingerprint density at radius 1 is 1.37 bits per heavy atom. The SMILES string of the molecule is CCN(Cc1ccc(N)cc1)C(=O)c1csc(I)c1. The number of hydrogen-bond donors (Lipinski definition) is 1. The van der Waals surface area contributed by atoms with E-state index in [4.69, 9.17) is 5.73 Å². The van der Waals surface area contributed by atoms with Crippen LogP contribution in [0.25, 0.3) is 0 Å². The molecular formula is C14H15IN2OS. The Bertz CT molecular complexity index is 565. The first-order chi connectivity index (χ1) is 9.10. The van der Waals surface area contributed by atoms with Gasteiger partial charge in [0.05, 0.1) is 8.45 Å². The van der Waals surface area contributed by atoms with Gasteiger partial charge in [0.15, 0.2) is 0 Å². The van der Waals surface area contributed by atoms with E-state index in [1.807, 2.05) is 47.5 Å². The number of carbonyl (C=O) groups excluding carboxylic acids is 1. The Morgan fingerprint density at radius 3 is 2.58 bits per heavy atom. The van der Waals surface area contributed by atoms with Crippen LogP contribution in [0.2, 0.25) is 0 Å². The summed E-state index contributed by atoms with van der Waals surface area (Å²) in [5.74, 6) is 0.0819. The third-order valence-corrected chi connectivity index (χ3v) is 4.63. The van der Waals surface area contributed by atoms with Gasteiger partial charge in [-0.15, -0.1) is 11.3 Å². The number of halogens is 1. The van der Waals surface area contributed by atoms with E-state index in [9.17, 15) is 4.79 Å². The van der Waals surface area contributed by atoms with Crippen molar-refractivity contribution in [2.24, 2.45) is 0 Å². The third kappa shape index (κ3) is 3.70. The highest BCUT2D eigenvalue weighted by atomic mass is 127. The molecule has 0 spiro atoms. The highest BCUT2D eigenvalue weighted by Crippen LogP contribution is 2.19. The molecule has 0 aliphatic rings. The second-order valence-corrected chi connectivity index (χ2v) is 7.01. The number of rotatable bonds is 4. The highest BCUT2D eigenvalue weighted by molar-refractivity contribution is 14.1. The van der Waals surface area contributed by atoms with E-state index in [2.05, 4.69) is 22.6 Å². The Hall–Kier alpha value is -1.08. The van der Waals surface area contributed by atoms with Gasteiger partial charge in [0.1, 0.15) is 0 Å². The number of nitrogens with zero attached hydrogens (tertiary/aromatic N) is 1. The quantitative estimate of drug-likeness (QED) is 0.645. The van der Waals surface area contributed by atoms with Crippen LogP contribution in [0.1, 0.15) is 22.8 Å². The van der Waals surface area contributed by atoms with Crippen LogP contribution in [0, 0.1) is 2.88 Å². The van der Waals surface area contributed by atoms with Crippen LogP contribution in [0.15, 0.2) is 35.7 Å². The molecule has 0 saturated heterocycles. The van der Waals surface area contributed by atoms with Crippen molar-refractivity contribution in [1.82, 2.24) is 4.90 Å². The number of thiophene rings is 1. The fraction of sp³-hybridized carbons (Fsp3) is 0.214. The normalized spacial score (nSPS) is 10.4. The average molecular weight is 386 g/mol. The minimum Gasteiger partial charge on any atom is -0.399 e. The van der Waals surface area contributed by atoms with Crippen molar-refractivity contribution < 1.29 is 4.79 Å². The second-order valence-electron chi connectivity index (χ2n) is 4.20. The maximum Gasteiger partial charge on any atom is 0.255 e. The molecule has 1 aromatic carbocycles. The largest absolute Gasteiger partial charge is 0.399 e. The molecule has 0 atom stereocenters. The molecule has 0 aliphatic carbocycles. The van der Waals surface area contributed by atoms with Crippen LogP contribution in [0.3, 0.4) is 0 Å². The van der Waals surface area contributed by atoms with Crippen molar-refractivity contribution in [2.45, 2.75) is 13.5 Å². The first-order valence-corrected chi connectivity index (χ1v) is 7.93. The van der Waals surface area contributed by atoms with Crippen LogP contribution in [0.4, 0.5) is 5.69 Å². The number of carbonyl (C=O) groups is 1. The summed E-state index contributed by atoms with van der Waals surface area (Å²) in [6.07, 6.45) is 0. The summed E-state index contributed by atoms with van der Waals surface area (Å²) in [5.41, 5.74) is 8.27. The lowest BCUT2D eigenvalue weighted by atomic mass is 10.2. The minimum absolute atomic E-state index is 0.0819. The summed E-state index contributed by atoms with van der Waals surface area (Å²) in [5, 5.41) is 1.91. The molecule has 0 bridgehead atoms. The molecule has 0 unspecified atom stereocenters. The molecule has 0 aliphatic heterocycles. The Labute approximate surface area is 130 Å². The minimum atomic E-state index is 0.0819. The molecule has 0 radical (unpaired) electrons. The summed E-state index contributed by atoms with van der Waals surface area (Å²) >= 11 is 3.82. The fourth-order valence-electron chi connectivity index (χ4n) is 1.78. The lowest BCUT2D eigenvalue weighted by Crippen LogP contribution is -2.29. The van der Waals surface area contributed by atoms with E-state index >= 15 is 0 Å². The number of nitrogens with two attached hydrogens (primary N) is 1. The molecule has 1 heterocycles. The predicted octanol–water partition coefficient (Wildman–Crippen LogP) is 3.60. The van der Waals surface area contributed by atoms with Gasteiger partial charge >= 0.3 is 0 Å².